The van der Waals surface area contributed by atoms with Crippen LogP contribution in [-0.2, 0) is 9.59 Å². The van der Waals surface area contributed by atoms with Crippen LogP contribution in [0.2, 0.25) is 0 Å². The zero-order valence-corrected chi connectivity index (χ0v) is 15.9. The smallest absolute Gasteiger partial charge is 0.268 e. The van der Waals surface area contributed by atoms with Gasteiger partial charge in [0.25, 0.3) is 5.91 Å². The van der Waals surface area contributed by atoms with Crippen LogP contribution in [0.3, 0.4) is 0 Å². The second-order valence-electron chi connectivity index (χ2n) is 7.02. The molecule has 0 aromatic carbocycles. The third kappa shape index (κ3) is 4.00. The molecule has 25 heavy (non-hydrogen) atoms. The molecule has 3 rings (SSSR count). The van der Waals surface area contributed by atoms with Gasteiger partial charge in [-0.3, -0.25) is 19.5 Å². The quantitative estimate of drug-likeness (QED) is 0.726. The van der Waals surface area contributed by atoms with Crippen molar-refractivity contribution in [3.63, 3.8) is 0 Å². The van der Waals surface area contributed by atoms with Gasteiger partial charge in [-0.25, -0.2) is 0 Å². The van der Waals surface area contributed by atoms with Gasteiger partial charge in [0.15, 0.2) is 5.17 Å². The van der Waals surface area contributed by atoms with E-state index in [0.717, 1.165) is 37.8 Å². The molecular weight excluding hydrogens is 338 g/mol. The highest BCUT2D eigenvalue weighted by molar-refractivity contribution is 8.16. The lowest BCUT2D eigenvalue weighted by Gasteiger charge is -2.23. The first-order valence-corrected chi connectivity index (χ1v) is 9.91. The van der Waals surface area contributed by atoms with Crippen LogP contribution in [0.25, 0.3) is 0 Å². The molecule has 2 N–H and O–H groups in total. The van der Waals surface area contributed by atoms with Crippen molar-refractivity contribution in [2.75, 3.05) is 26.2 Å². The van der Waals surface area contributed by atoms with Crippen molar-refractivity contribution in [2.24, 2.45) is 4.99 Å². The van der Waals surface area contributed by atoms with Gasteiger partial charge < -0.3 is 15.5 Å². The molecule has 138 valence electrons. The number of amidine groups is 1. The third-order valence-electron chi connectivity index (χ3n) is 4.58. The second-order valence-corrected chi connectivity index (χ2v) is 7.85. The SMILES string of the molecule is CCCN1CC(NC(=O)C2=CSC3=NCCN23)CC1C(=O)NC(C)C. The standard InChI is InChI=1S/C17H27N5O2S/c1-4-6-21-9-12(8-13(21)15(23)19-11(2)3)20-16(24)14-10-25-17-18-5-7-22(14)17/h10-13H,4-9H2,1-3H3,(H,19,23)(H,20,24). The van der Waals surface area contributed by atoms with E-state index < -0.39 is 0 Å². The van der Waals surface area contributed by atoms with Crippen LogP contribution >= 0.6 is 11.8 Å². The molecular formula is C17H27N5O2S. The maximum absolute atomic E-state index is 12.7. The summed E-state index contributed by atoms with van der Waals surface area (Å²) in [6.45, 7) is 9.15. The number of rotatable bonds is 6. The zero-order valence-electron chi connectivity index (χ0n) is 15.1. The lowest BCUT2D eigenvalue weighted by Crippen LogP contribution is -2.45. The van der Waals surface area contributed by atoms with E-state index in [1.807, 2.05) is 24.2 Å². The Labute approximate surface area is 153 Å². The number of carbonyl (C=O) groups excluding carboxylic acids is 2. The summed E-state index contributed by atoms with van der Waals surface area (Å²) in [6.07, 6.45) is 1.65. The minimum absolute atomic E-state index is 0.00328. The number of likely N-dealkylation sites (tertiary alicyclic amines) is 1. The number of hydrogen-bond acceptors (Lipinski definition) is 6. The van der Waals surface area contributed by atoms with Crippen LogP contribution in [0, 0.1) is 0 Å². The van der Waals surface area contributed by atoms with Crippen LogP contribution in [0.15, 0.2) is 16.1 Å². The first-order valence-electron chi connectivity index (χ1n) is 9.03. The van der Waals surface area contributed by atoms with Crippen LogP contribution in [-0.4, -0.2) is 71.1 Å². The predicted molar refractivity (Wildman–Crippen MR) is 100 cm³/mol. The molecule has 0 saturated carbocycles. The molecule has 7 nitrogen and oxygen atoms in total. The summed E-state index contributed by atoms with van der Waals surface area (Å²) in [4.78, 5) is 33.7. The van der Waals surface area contributed by atoms with Gasteiger partial charge in [0.1, 0.15) is 5.70 Å². The fourth-order valence-electron chi connectivity index (χ4n) is 3.55. The molecule has 0 spiro atoms. The fourth-order valence-corrected chi connectivity index (χ4v) is 4.49. The molecule has 0 bridgehead atoms. The zero-order chi connectivity index (χ0) is 18.0. The van der Waals surface area contributed by atoms with Gasteiger partial charge in [0, 0.05) is 30.6 Å². The monoisotopic (exact) mass is 365 g/mol. The summed E-state index contributed by atoms with van der Waals surface area (Å²) in [7, 11) is 0. The molecule has 1 saturated heterocycles. The number of thioether (sulfide) groups is 1. The number of aliphatic imine (C=N–C) groups is 1. The summed E-state index contributed by atoms with van der Waals surface area (Å²) in [6, 6.07) is -0.0434. The van der Waals surface area contributed by atoms with Crippen molar-refractivity contribution in [2.45, 2.75) is 51.7 Å². The Morgan fingerprint density at radius 1 is 1.44 bits per heavy atom. The number of amides is 2. The molecule has 2 amide bonds. The van der Waals surface area contributed by atoms with E-state index in [1.165, 1.54) is 11.8 Å². The summed E-state index contributed by atoms with van der Waals surface area (Å²) in [5, 5.41) is 8.91. The third-order valence-corrected chi connectivity index (χ3v) is 5.49. The molecule has 3 heterocycles. The van der Waals surface area contributed by atoms with Crippen molar-refractivity contribution in [1.82, 2.24) is 20.4 Å². The van der Waals surface area contributed by atoms with Crippen molar-refractivity contribution in [3.8, 4) is 0 Å². The lowest BCUT2D eigenvalue weighted by atomic mass is 10.1. The highest BCUT2D eigenvalue weighted by Crippen LogP contribution is 2.29. The normalized spacial score (nSPS) is 25.8. The van der Waals surface area contributed by atoms with Gasteiger partial charge in [0.05, 0.1) is 12.6 Å². The Hall–Kier alpha value is -1.54. The Bertz CT molecular complexity index is 604. The minimum atomic E-state index is -0.163. The maximum atomic E-state index is 12.7. The summed E-state index contributed by atoms with van der Waals surface area (Å²) >= 11 is 1.51. The van der Waals surface area contributed by atoms with Crippen molar-refractivity contribution in [1.29, 1.82) is 0 Å². The molecule has 8 heteroatoms. The molecule has 0 aromatic rings. The number of nitrogens with one attached hydrogen (secondary N) is 2. The number of nitrogens with zero attached hydrogens (tertiary/aromatic N) is 3. The molecule has 0 radical (unpaired) electrons. The first-order chi connectivity index (χ1) is 12.0. The highest BCUT2D eigenvalue weighted by Gasteiger charge is 2.38. The van der Waals surface area contributed by atoms with Gasteiger partial charge in [-0.2, -0.15) is 0 Å². The van der Waals surface area contributed by atoms with E-state index in [4.69, 9.17) is 0 Å². The molecule has 1 fully saturated rings. The average Bonchev–Trinajstić information content (AvgIpc) is 3.21. The van der Waals surface area contributed by atoms with Crippen LogP contribution in [0.5, 0.6) is 0 Å². The van der Waals surface area contributed by atoms with E-state index in [1.54, 1.807) is 0 Å². The van der Waals surface area contributed by atoms with Crippen molar-refractivity contribution < 1.29 is 9.59 Å². The van der Waals surface area contributed by atoms with Crippen LogP contribution < -0.4 is 10.6 Å². The molecule has 3 aliphatic rings. The van der Waals surface area contributed by atoms with Gasteiger partial charge in [0.2, 0.25) is 5.91 Å². The Kier molecular flexibility index (Phi) is 5.68. The van der Waals surface area contributed by atoms with Crippen LogP contribution in [0.1, 0.15) is 33.6 Å². The topological polar surface area (TPSA) is 77.0 Å². The molecule has 0 aromatic heterocycles. The maximum Gasteiger partial charge on any atom is 0.268 e. The summed E-state index contributed by atoms with van der Waals surface area (Å²) < 4.78 is 0. The summed E-state index contributed by atoms with van der Waals surface area (Å²) in [5.74, 6) is -0.00392. The predicted octanol–water partition coefficient (Wildman–Crippen LogP) is 0.740. The molecule has 2 atom stereocenters. The van der Waals surface area contributed by atoms with Gasteiger partial charge in [-0.15, -0.1) is 0 Å². The van der Waals surface area contributed by atoms with E-state index >= 15 is 0 Å². The van der Waals surface area contributed by atoms with Crippen molar-refractivity contribution in [3.05, 3.63) is 11.1 Å². The Morgan fingerprint density at radius 3 is 2.96 bits per heavy atom. The molecule has 0 aliphatic carbocycles. The minimum Gasteiger partial charge on any atom is -0.353 e. The number of hydrogen-bond donors (Lipinski definition) is 2. The largest absolute Gasteiger partial charge is 0.353 e. The van der Waals surface area contributed by atoms with E-state index in [0.29, 0.717) is 12.1 Å². The first kappa shape index (κ1) is 18.3. The lowest BCUT2D eigenvalue weighted by molar-refractivity contribution is -0.126. The van der Waals surface area contributed by atoms with E-state index in [-0.39, 0.29) is 29.9 Å². The molecule has 2 unspecified atom stereocenters. The second kappa shape index (κ2) is 7.78. The Morgan fingerprint density at radius 2 is 2.24 bits per heavy atom. The fraction of sp³-hybridized carbons (Fsp3) is 0.706. The Balaban J connectivity index is 1.60. The van der Waals surface area contributed by atoms with E-state index in [9.17, 15) is 9.59 Å². The van der Waals surface area contributed by atoms with Gasteiger partial charge >= 0.3 is 0 Å². The van der Waals surface area contributed by atoms with Gasteiger partial charge in [-0.05, 0) is 33.2 Å². The number of fused-ring (bicyclic) bond motifs is 1. The van der Waals surface area contributed by atoms with Crippen molar-refractivity contribution >= 4 is 28.7 Å². The van der Waals surface area contributed by atoms with Crippen LogP contribution in [0.4, 0.5) is 0 Å². The average molecular weight is 366 g/mol. The summed E-state index contributed by atoms with van der Waals surface area (Å²) in [5.41, 5.74) is 0.679. The molecule has 3 aliphatic heterocycles. The van der Waals surface area contributed by atoms with Gasteiger partial charge in [-0.1, -0.05) is 18.7 Å². The highest BCUT2D eigenvalue weighted by atomic mass is 32.2. The van der Waals surface area contributed by atoms with E-state index in [2.05, 4.69) is 27.4 Å². The number of carbonyl (C=O) groups is 2.